The molecule has 0 spiro atoms. The Morgan fingerprint density at radius 2 is 1.83 bits per heavy atom. The molecule has 1 atom stereocenters. The van der Waals surface area contributed by atoms with E-state index in [-0.39, 0.29) is 12.2 Å². The van der Waals surface area contributed by atoms with E-state index >= 15 is 0 Å². The molecular formula is C19H17NO3. The normalized spacial score (nSPS) is 12.1. The molecule has 4 heteroatoms. The quantitative estimate of drug-likeness (QED) is 0.736. The highest BCUT2D eigenvalue weighted by molar-refractivity contribution is 5.99. The number of Topliss-reactive ketones (excluding diaryl/α,β-unsaturated/α-hetero) is 1. The molecule has 0 bridgehead atoms. The van der Waals surface area contributed by atoms with Crippen molar-refractivity contribution in [1.82, 2.24) is 4.98 Å². The molecule has 1 heterocycles. The molecule has 3 rings (SSSR count). The number of ketones is 1. The molecule has 1 aromatic heterocycles. The van der Waals surface area contributed by atoms with Crippen molar-refractivity contribution in [2.75, 3.05) is 7.11 Å². The number of para-hydroxylation sites is 1. The summed E-state index contributed by atoms with van der Waals surface area (Å²) < 4.78 is 5.06. The van der Waals surface area contributed by atoms with Gasteiger partial charge in [0.1, 0.15) is 11.9 Å². The minimum absolute atomic E-state index is 0.190. The van der Waals surface area contributed by atoms with Crippen LogP contribution >= 0.6 is 0 Å². The molecule has 0 amide bonds. The highest BCUT2D eigenvalue weighted by Gasteiger charge is 2.18. The zero-order valence-corrected chi connectivity index (χ0v) is 12.8. The first kappa shape index (κ1) is 15.2. The second-order valence-corrected chi connectivity index (χ2v) is 5.31. The Morgan fingerprint density at radius 3 is 2.57 bits per heavy atom. The van der Waals surface area contributed by atoms with Crippen LogP contribution in [0.1, 0.15) is 16.1 Å². The Kier molecular flexibility index (Phi) is 4.35. The summed E-state index contributed by atoms with van der Waals surface area (Å²) in [5.41, 5.74) is 2.01. The number of rotatable bonds is 5. The van der Waals surface area contributed by atoms with Gasteiger partial charge in [0.05, 0.1) is 12.6 Å². The van der Waals surface area contributed by atoms with Crippen molar-refractivity contribution in [2.24, 2.45) is 0 Å². The molecule has 0 aliphatic rings. The highest BCUT2D eigenvalue weighted by atomic mass is 16.5. The molecule has 0 fully saturated rings. The van der Waals surface area contributed by atoms with E-state index < -0.39 is 6.10 Å². The van der Waals surface area contributed by atoms with Crippen molar-refractivity contribution in [2.45, 2.75) is 12.5 Å². The summed E-state index contributed by atoms with van der Waals surface area (Å²) in [6, 6.07) is 18.2. The van der Waals surface area contributed by atoms with Gasteiger partial charge >= 0.3 is 0 Å². The van der Waals surface area contributed by atoms with E-state index in [9.17, 15) is 9.90 Å². The summed E-state index contributed by atoms with van der Waals surface area (Å²) in [4.78, 5) is 16.8. The minimum Gasteiger partial charge on any atom is -0.497 e. The van der Waals surface area contributed by atoms with Crippen LogP contribution in [0.2, 0.25) is 0 Å². The summed E-state index contributed by atoms with van der Waals surface area (Å²) in [6.45, 7) is 0. The summed E-state index contributed by atoms with van der Waals surface area (Å²) >= 11 is 0. The number of carbonyl (C=O) groups is 1. The predicted octanol–water partition coefficient (Wildman–Crippen LogP) is 3.03. The maximum atomic E-state index is 12.3. The van der Waals surface area contributed by atoms with Gasteiger partial charge in [-0.05, 0) is 36.4 Å². The Hall–Kier alpha value is -2.72. The van der Waals surface area contributed by atoms with Crippen molar-refractivity contribution < 1.29 is 14.6 Å². The lowest BCUT2D eigenvalue weighted by molar-refractivity contribution is 0.0746. The van der Waals surface area contributed by atoms with Crippen molar-refractivity contribution in [3.63, 3.8) is 0 Å². The first-order valence-corrected chi connectivity index (χ1v) is 7.38. The molecule has 116 valence electrons. The zero-order chi connectivity index (χ0) is 16.2. The second kappa shape index (κ2) is 6.58. The molecule has 0 saturated carbocycles. The third-order valence-electron chi connectivity index (χ3n) is 3.74. The van der Waals surface area contributed by atoms with Crippen LogP contribution in [0.15, 0.2) is 60.7 Å². The first-order chi connectivity index (χ1) is 11.2. The predicted molar refractivity (Wildman–Crippen MR) is 88.8 cm³/mol. The van der Waals surface area contributed by atoms with Crippen LogP contribution in [-0.2, 0) is 6.42 Å². The standard InChI is InChI=1S/C19H17NO3/c1-23-16-10-7-14(8-11-16)19(22)18(21)12-15-9-6-13-4-2-3-5-17(13)20-15/h2-11,18,21H,12H2,1H3. The molecule has 3 aromatic rings. The summed E-state index contributed by atoms with van der Waals surface area (Å²) in [5.74, 6) is 0.356. The van der Waals surface area contributed by atoms with Crippen LogP contribution in [0.5, 0.6) is 5.75 Å². The van der Waals surface area contributed by atoms with Gasteiger partial charge in [0.2, 0.25) is 0 Å². The van der Waals surface area contributed by atoms with Gasteiger partial charge in [-0.25, -0.2) is 0 Å². The zero-order valence-electron chi connectivity index (χ0n) is 12.8. The highest BCUT2D eigenvalue weighted by Crippen LogP contribution is 2.16. The van der Waals surface area contributed by atoms with Gasteiger partial charge in [0.25, 0.3) is 0 Å². The molecule has 1 N–H and O–H groups in total. The Bertz CT molecular complexity index is 827. The van der Waals surface area contributed by atoms with Crippen LogP contribution < -0.4 is 4.74 Å². The third-order valence-corrected chi connectivity index (χ3v) is 3.74. The van der Waals surface area contributed by atoms with Gasteiger partial charge in [-0.2, -0.15) is 0 Å². The topological polar surface area (TPSA) is 59.4 Å². The molecule has 2 aromatic carbocycles. The Labute approximate surface area is 134 Å². The number of hydrogen-bond acceptors (Lipinski definition) is 4. The van der Waals surface area contributed by atoms with Gasteiger partial charge in [-0.1, -0.05) is 24.3 Å². The largest absolute Gasteiger partial charge is 0.497 e. The van der Waals surface area contributed by atoms with Crippen molar-refractivity contribution in [1.29, 1.82) is 0 Å². The molecule has 0 aliphatic carbocycles. The van der Waals surface area contributed by atoms with Crippen molar-refractivity contribution in [3.8, 4) is 5.75 Å². The number of aliphatic hydroxyl groups excluding tert-OH is 1. The van der Waals surface area contributed by atoms with E-state index in [1.165, 1.54) is 0 Å². The number of aliphatic hydroxyl groups is 1. The van der Waals surface area contributed by atoms with Crippen LogP contribution in [-0.4, -0.2) is 29.1 Å². The van der Waals surface area contributed by atoms with E-state index in [1.807, 2.05) is 36.4 Å². The Balaban J connectivity index is 1.76. The van der Waals surface area contributed by atoms with E-state index in [2.05, 4.69) is 4.98 Å². The van der Waals surface area contributed by atoms with Crippen LogP contribution in [0.4, 0.5) is 0 Å². The van der Waals surface area contributed by atoms with Gasteiger partial charge < -0.3 is 9.84 Å². The molecule has 1 unspecified atom stereocenters. The maximum absolute atomic E-state index is 12.3. The number of methoxy groups -OCH3 is 1. The fourth-order valence-corrected chi connectivity index (χ4v) is 2.46. The first-order valence-electron chi connectivity index (χ1n) is 7.38. The minimum atomic E-state index is -1.11. The number of fused-ring (bicyclic) bond motifs is 1. The van der Waals surface area contributed by atoms with Crippen molar-refractivity contribution in [3.05, 3.63) is 71.9 Å². The molecular weight excluding hydrogens is 290 g/mol. The van der Waals surface area contributed by atoms with Crippen LogP contribution in [0.3, 0.4) is 0 Å². The molecule has 0 radical (unpaired) electrons. The smallest absolute Gasteiger partial charge is 0.191 e. The van der Waals surface area contributed by atoms with Crippen molar-refractivity contribution >= 4 is 16.7 Å². The number of hydrogen-bond donors (Lipinski definition) is 1. The monoisotopic (exact) mass is 307 g/mol. The van der Waals surface area contributed by atoms with Gasteiger partial charge in [-0.3, -0.25) is 9.78 Å². The molecule has 0 aliphatic heterocycles. The molecule has 4 nitrogen and oxygen atoms in total. The Morgan fingerprint density at radius 1 is 1.09 bits per heavy atom. The van der Waals surface area contributed by atoms with E-state index in [0.29, 0.717) is 17.0 Å². The summed E-state index contributed by atoms with van der Waals surface area (Å²) in [7, 11) is 1.57. The summed E-state index contributed by atoms with van der Waals surface area (Å²) in [6.07, 6.45) is -0.924. The van der Waals surface area contributed by atoms with Gasteiger partial charge in [-0.15, -0.1) is 0 Å². The average Bonchev–Trinajstić information content (AvgIpc) is 2.61. The van der Waals surface area contributed by atoms with Crippen LogP contribution in [0.25, 0.3) is 10.9 Å². The van der Waals surface area contributed by atoms with Gasteiger partial charge in [0, 0.05) is 23.1 Å². The maximum Gasteiger partial charge on any atom is 0.191 e. The number of carbonyl (C=O) groups excluding carboxylic acids is 1. The SMILES string of the molecule is COc1ccc(C(=O)C(O)Cc2ccc3ccccc3n2)cc1. The molecule has 0 saturated heterocycles. The third kappa shape index (κ3) is 3.38. The summed E-state index contributed by atoms with van der Waals surface area (Å²) in [5, 5.41) is 11.2. The fourth-order valence-electron chi connectivity index (χ4n) is 2.46. The fraction of sp³-hybridized carbons (Fsp3) is 0.158. The second-order valence-electron chi connectivity index (χ2n) is 5.31. The number of pyridine rings is 1. The van der Waals surface area contributed by atoms with Crippen LogP contribution in [0, 0.1) is 0 Å². The van der Waals surface area contributed by atoms with E-state index in [1.54, 1.807) is 31.4 Å². The molecule has 23 heavy (non-hydrogen) atoms. The number of ether oxygens (including phenoxy) is 1. The lowest BCUT2D eigenvalue weighted by Crippen LogP contribution is -2.23. The van der Waals surface area contributed by atoms with E-state index in [0.717, 1.165) is 10.9 Å². The average molecular weight is 307 g/mol. The lowest BCUT2D eigenvalue weighted by Gasteiger charge is -2.10. The number of aromatic nitrogens is 1. The number of benzene rings is 2. The lowest BCUT2D eigenvalue weighted by atomic mass is 10.0. The number of nitrogens with zero attached hydrogens (tertiary/aromatic N) is 1. The van der Waals surface area contributed by atoms with E-state index in [4.69, 9.17) is 4.74 Å². The van der Waals surface area contributed by atoms with Gasteiger partial charge in [0.15, 0.2) is 5.78 Å².